The second-order valence-corrected chi connectivity index (χ2v) is 12.8. The van der Waals surface area contributed by atoms with Crippen LogP contribution < -0.4 is 10.9 Å². The second kappa shape index (κ2) is 9.87. The van der Waals surface area contributed by atoms with E-state index in [4.69, 9.17) is 9.31 Å². The third-order valence-electron chi connectivity index (χ3n) is 8.29. The normalized spacial score (nSPS) is 13.3. The first-order chi connectivity index (χ1) is 17.5. The Labute approximate surface area is 228 Å². The smallest absolute Gasteiger partial charge is 0.427 e. The molecule has 0 saturated heterocycles. The molecule has 0 amide bonds. The van der Waals surface area contributed by atoms with Crippen molar-refractivity contribution < 1.29 is 19.4 Å². The molecule has 2 N–H and O–H groups in total. The van der Waals surface area contributed by atoms with Gasteiger partial charge < -0.3 is 24.0 Å². The highest BCUT2D eigenvalue weighted by atomic mass is 16.5. The minimum atomic E-state index is -1.06. The predicted molar refractivity (Wildman–Crippen MR) is 160 cm³/mol. The van der Waals surface area contributed by atoms with Gasteiger partial charge in [-0.2, -0.15) is 0 Å². The minimum Gasteiger partial charge on any atom is -0.427 e. The van der Waals surface area contributed by atoms with Gasteiger partial charge in [-0.25, -0.2) is 0 Å². The zero-order valence-electron chi connectivity index (χ0n) is 24.2. The molecule has 199 valence electrons. The van der Waals surface area contributed by atoms with E-state index in [0.717, 1.165) is 33.0 Å². The fourth-order valence-corrected chi connectivity index (χ4v) is 4.02. The lowest BCUT2D eigenvalue weighted by Gasteiger charge is -2.40. The van der Waals surface area contributed by atoms with Gasteiger partial charge >= 0.3 is 14.6 Å². The number of benzene rings is 3. The summed E-state index contributed by atoms with van der Waals surface area (Å²) >= 11 is 0. The van der Waals surface area contributed by atoms with E-state index in [1.54, 1.807) is 21.3 Å². The van der Waals surface area contributed by atoms with E-state index >= 15 is 0 Å². The third kappa shape index (κ3) is 5.43. The molecule has 0 fully saturated rings. The molecule has 1 radical (unpaired) electrons. The Balaban J connectivity index is 1.82. The first-order valence-electron chi connectivity index (χ1n) is 13.2. The van der Waals surface area contributed by atoms with Crippen molar-refractivity contribution in [2.75, 3.05) is 0 Å². The number of aromatic nitrogens is 1. The fourth-order valence-electron chi connectivity index (χ4n) is 4.02. The van der Waals surface area contributed by atoms with Crippen molar-refractivity contribution >= 4 is 47.3 Å². The molecule has 0 bridgehead atoms. The number of para-hydroxylation sites is 1. The summed E-state index contributed by atoms with van der Waals surface area (Å²) in [6, 6.07) is 22.4. The van der Waals surface area contributed by atoms with Crippen LogP contribution in [0.2, 0.25) is 0 Å². The summed E-state index contributed by atoms with van der Waals surface area (Å²) < 4.78 is 14.4. The van der Waals surface area contributed by atoms with Crippen molar-refractivity contribution in [3.05, 3.63) is 66.7 Å². The van der Waals surface area contributed by atoms with Crippen molar-refractivity contribution in [2.45, 2.75) is 79.1 Å². The maximum atomic E-state index is 11.1. The van der Waals surface area contributed by atoms with Gasteiger partial charge in [0.25, 0.3) is 0 Å². The van der Waals surface area contributed by atoms with E-state index in [0.29, 0.717) is 5.46 Å². The lowest BCUT2D eigenvalue weighted by molar-refractivity contribution is -0.0893. The summed E-state index contributed by atoms with van der Waals surface area (Å²) in [5.41, 5.74) is 2.27. The van der Waals surface area contributed by atoms with Crippen molar-refractivity contribution in [2.24, 2.45) is 5.41 Å². The predicted octanol–water partition coefficient (Wildman–Crippen LogP) is 5.12. The highest BCUT2D eigenvalue weighted by Gasteiger charge is 2.38. The van der Waals surface area contributed by atoms with Crippen LogP contribution in [0.5, 0.6) is 0 Å². The summed E-state index contributed by atoms with van der Waals surface area (Å²) in [4.78, 5) is 0. The summed E-state index contributed by atoms with van der Waals surface area (Å²) in [7, 11) is 0.644. The summed E-state index contributed by atoms with van der Waals surface area (Å²) in [6.45, 7) is 17.6. The molecule has 0 aliphatic rings. The average molecular weight is 512 g/mol. The highest BCUT2D eigenvalue weighted by molar-refractivity contribution is 6.60. The van der Waals surface area contributed by atoms with Crippen LogP contribution in [0, 0.1) is 5.41 Å². The van der Waals surface area contributed by atoms with Gasteiger partial charge in [-0.3, -0.25) is 0 Å². The molecule has 1 aromatic heterocycles. The number of fused-ring (bicyclic) bond motifs is 3. The quantitative estimate of drug-likeness (QED) is 0.322. The van der Waals surface area contributed by atoms with Crippen molar-refractivity contribution in [1.82, 2.24) is 4.57 Å². The Bertz CT molecular complexity index is 1430. The Morgan fingerprint density at radius 1 is 0.737 bits per heavy atom. The van der Waals surface area contributed by atoms with Gasteiger partial charge in [0.1, 0.15) is 0 Å². The lowest BCUT2D eigenvalue weighted by atomic mass is 9.73. The molecular weight excluding hydrogens is 472 g/mol. The summed E-state index contributed by atoms with van der Waals surface area (Å²) in [6.07, 6.45) is 0. The van der Waals surface area contributed by atoms with Crippen molar-refractivity contribution in [1.29, 1.82) is 0 Å². The van der Waals surface area contributed by atoms with Crippen LogP contribution in [0.3, 0.4) is 0 Å². The number of aliphatic hydroxyl groups is 1. The average Bonchev–Trinajstić information content (AvgIpc) is 3.14. The Kier molecular flexibility index (Phi) is 7.39. The highest BCUT2D eigenvalue weighted by Crippen LogP contribution is 2.34. The van der Waals surface area contributed by atoms with Crippen LogP contribution in [0.1, 0.15) is 62.3 Å². The number of nitrogens with zero attached hydrogens (tertiary/aromatic N) is 1. The zero-order valence-corrected chi connectivity index (χ0v) is 24.2. The lowest BCUT2D eigenvalue weighted by Crippen LogP contribution is -2.49. The van der Waals surface area contributed by atoms with Crippen LogP contribution in [0.4, 0.5) is 0 Å². The molecule has 4 aromatic rings. The number of rotatable bonds is 8. The molecular formula is C31H40B2NO4. The molecule has 38 heavy (non-hydrogen) atoms. The molecule has 4 rings (SSSR count). The maximum absolute atomic E-state index is 11.1. The molecule has 0 spiro atoms. The standard InChI is InChI=1S/C31H40B2NO4/c1-28(2,3)30(6,7)38-33(36)22-16-18-27-25(20-22)24-19-21(32-37-31(8,9)29(4,5)35)15-17-26(24)34(27)23-13-11-10-12-14-23/h10-20,35-36H,1-9H3. The third-order valence-corrected chi connectivity index (χ3v) is 8.29. The monoisotopic (exact) mass is 512 g/mol. The van der Waals surface area contributed by atoms with Crippen molar-refractivity contribution in [3.63, 3.8) is 0 Å². The molecule has 0 aliphatic heterocycles. The summed E-state index contributed by atoms with van der Waals surface area (Å²) in [5, 5.41) is 23.6. The SMILES string of the molecule is CC(C)(C)C(C)(C)OB(O)c1ccc2c(c1)c1cc([B]OC(C)(C)C(C)(C)O)ccc1n2-c1ccccc1. The van der Waals surface area contributed by atoms with E-state index in [-0.39, 0.29) is 5.41 Å². The van der Waals surface area contributed by atoms with Gasteiger partial charge in [-0.1, -0.05) is 68.7 Å². The molecule has 1 heterocycles. The summed E-state index contributed by atoms with van der Waals surface area (Å²) in [5.74, 6) is 0. The van der Waals surface area contributed by atoms with Crippen LogP contribution >= 0.6 is 0 Å². The van der Waals surface area contributed by atoms with Gasteiger partial charge in [-0.05, 0) is 76.7 Å². The largest absolute Gasteiger partial charge is 0.491 e. The van der Waals surface area contributed by atoms with E-state index in [1.807, 2.05) is 70.2 Å². The molecule has 5 nitrogen and oxygen atoms in total. The minimum absolute atomic E-state index is 0.150. The van der Waals surface area contributed by atoms with Gasteiger partial charge in [0.05, 0.1) is 27.8 Å². The van der Waals surface area contributed by atoms with Crippen molar-refractivity contribution in [3.8, 4) is 5.69 Å². The van der Waals surface area contributed by atoms with Crippen LogP contribution in [0.15, 0.2) is 66.7 Å². The Morgan fingerprint density at radius 2 is 1.32 bits per heavy atom. The molecule has 0 atom stereocenters. The molecule has 7 heteroatoms. The second-order valence-electron chi connectivity index (χ2n) is 12.8. The first kappa shape index (κ1) is 28.4. The fraction of sp³-hybridized carbons (Fsp3) is 0.419. The van der Waals surface area contributed by atoms with Gasteiger partial charge in [0.15, 0.2) is 0 Å². The van der Waals surface area contributed by atoms with E-state index in [1.165, 1.54) is 0 Å². The topological polar surface area (TPSA) is 63.9 Å². The molecule has 0 aliphatic carbocycles. The van der Waals surface area contributed by atoms with Crippen LogP contribution in [-0.4, -0.2) is 46.1 Å². The van der Waals surface area contributed by atoms with Crippen LogP contribution in [0.25, 0.3) is 27.5 Å². The van der Waals surface area contributed by atoms with Gasteiger partial charge in [0.2, 0.25) is 0 Å². The van der Waals surface area contributed by atoms with E-state index < -0.39 is 23.9 Å². The number of hydrogen-bond acceptors (Lipinski definition) is 4. The molecule has 3 aromatic carbocycles. The van der Waals surface area contributed by atoms with Gasteiger partial charge in [0, 0.05) is 16.5 Å². The van der Waals surface area contributed by atoms with Crippen LogP contribution in [-0.2, 0) is 9.31 Å². The van der Waals surface area contributed by atoms with Gasteiger partial charge in [-0.15, -0.1) is 0 Å². The first-order valence-corrected chi connectivity index (χ1v) is 13.2. The molecule has 0 unspecified atom stereocenters. The van der Waals surface area contributed by atoms with E-state index in [9.17, 15) is 10.1 Å². The molecule has 0 saturated carbocycles. The van der Waals surface area contributed by atoms with E-state index in [2.05, 4.69) is 49.6 Å². The Hall–Kier alpha value is -2.57. The Morgan fingerprint density at radius 3 is 1.89 bits per heavy atom. The number of hydrogen-bond donors (Lipinski definition) is 2. The zero-order chi connectivity index (χ0) is 28.1. The maximum Gasteiger partial charge on any atom is 0.491 e.